The minimum absolute atomic E-state index is 0.0254. The molecule has 0 saturated heterocycles. The third-order valence-corrected chi connectivity index (χ3v) is 4.09. The molecule has 0 radical (unpaired) electrons. The Kier molecular flexibility index (Phi) is 5.62. The van der Waals surface area contributed by atoms with Gasteiger partial charge in [0.1, 0.15) is 0 Å². The number of unbranched alkanes of at least 4 members (excludes halogenated alkanes) is 1. The number of hydrogen-bond acceptors (Lipinski definition) is 3. The van der Waals surface area contributed by atoms with Crippen molar-refractivity contribution in [1.29, 1.82) is 0 Å². The molecule has 4 nitrogen and oxygen atoms in total. The van der Waals surface area contributed by atoms with Gasteiger partial charge in [-0.2, -0.15) is 0 Å². The van der Waals surface area contributed by atoms with Gasteiger partial charge in [0.25, 0.3) is 0 Å². The fraction of sp³-hybridized carbons (Fsp3) is 0.588. The summed E-state index contributed by atoms with van der Waals surface area (Å²) >= 11 is 0. The molecule has 116 valence electrons. The Bertz CT molecular complexity index is 476. The molecular formula is C17H26N2O2. The molecule has 1 amide bonds. The molecular weight excluding hydrogens is 264 g/mol. The van der Waals surface area contributed by atoms with Crippen LogP contribution in [0.25, 0.3) is 0 Å². The Morgan fingerprint density at radius 3 is 2.86 bits per heavy atom. The Morgan fingerprint density at radius 1 is 1.38 bits per heavy atom. The van der Waals surface area contributed by atoms with Crippen LogP contribution in [0.2, 0.25) is 0 Å². The van der Waals surface area contributed by atoms with E-state index in [9.17, 15) is 9.90 Å². The molecule has 1 aliphatic heterocycles. The van der Waals surface area contributed by atoms with Gasteiger partial charge in [-0.3, -0.25) is 4.79 Å². The van der Waals surface area contributed by atoms with Crippen LogP contribution in [-0.4, -0.2) is 41.7 Å². The number of fused-ring (bicyclic) bond motifs is 1. The van der Waals surface area contributed by atoms with E-state index < -0.39 is 0 Å². The molecule has 21 heavy (non-hydrogen) atoms. The molecule has 2 atom stereocenters. The van der Waals surface area contributed by atoms with Crippen molar-refractivity contribution in [2.45, 2.75) is 45.1 Å². The number of rotatable bonds is 6. The Morgan fingerprint density at radius 2 is 2.14 bits per heavy atom. The zero-order chi connectivity index (χ0) is 15.2. The fourth-order valence-corrected chi connectivity index (χ4v) is 2.99. The van der Waals surface area contributed by atoms with Crippen LogP contribution < -0.4 is 5.32 Å². The lowest BCUT2D eigenvalue weighted by atomic mass is 9.86. The average Bonchev–Trinajstić information content (AvgIpc) is 2.50. The lowest BCUT2D eigenvalue weighted by Gasteiger charge is -2.34. The highest BCUT2D eigenvalue weighted by Gasteiger charge is 2.32. The van der Waals surface area contributed by atoms with Gasteiger partial charge in [-0.05, 0) is 31.4 Å². The Balaban J connectivity index is 2.20. The summed E-state index contributed by atoms with van der Waals surface area (Å²) < 4.78 is 0. The van der Waals surface area contributed by atoms with Crippen LogP contribution in [-0.2, 0) is 4.79 Å². The first-order valence-corrected chi connectivity index (χ1v) is 7.92. The van der Waals surface area contributed by atoms with Crippen molar-refractivity contribution >= 4 is 11.6 Å². The van der Waals surface area contributed by atoms with E-state index in [-0.39, 0.29) is 24.5 Å². The molecule has 0 fully saturated rings. The summed E-state index contributed by atoms with van der Waals surface area (Å²) in [5.41, 5.74) is 2.15. The standard InChI is InChI=1S/C17H26N2O2/c1-3-4-9-19(10-11-20)17(21)15-12-13(2)18-16-8-6-5-7-14(15)16/h5-8,13,15,18,20H,3-4,9-12H2,1-2H3. The molecule has 0 saturated carbocycles. The molecule has 2 unspecified atom stereocenters. The van der Waals surface area contributed by atoms with Crippen molar-refractivity contribution in [3.63, 3.8) is 0 Å². The van der Waals surface area contributed by atoms with Crippen molar-refractivity contribution in [2.75, 3.05) is 25.0 Å². The lowest BCUT2D eigenvalue weighted by Crippen LogP contribution is -2.41. The normalized spacial score (nSPS) is 20.5. The summed E-state index contributed by atoms with van der Waals surface area (Å²) in [6.45, 7) is 5.41. The molecule has 0 aromatic heterocycles. The summed E-state index contributed by atoms with van der Waals surface area (Å²) in [7, 11) is 0. The van der Waals surface area contributed by atoms with Crippen LogP contribution in [0.1, 0.15) is 44.6 Å². The summed E-state index contributed by atoms with van der Waals surface area (Å²) in [5.74, 6) is 0.0548. The number of aliphatic hydroxyl groups is 1. The number of benzene rings is 1. The summed E-state index contributed by atoms with van der Waals surface area (Å²) in [4.78, 5) is 14.7. The monoisotopic (exact) mass is 290 g/mol. The Labute approximate surface area is 127 Å². The van der Waals surface area contributed by atoms with E-state index in [1.165, 1.54) is 0 Å². The zero-order valence-corrected chi connectivity index (χ0v) is 13.0. The van der Waals surface area contributed by atoms with E-state index in [1.54, 1.807) is 0 Å². The maximum Gasteiger partial charge on any atom is 0.230 e. The van der Waals surface area contributed by atoms with Gasteiger partial charge in [0.15, 0.2) is 0 Å². The van der Waals surface area contributed by atoms with Gasteiger partial charge in [-0.25, -0.2) is 0 Å². The highest BCUT2D eigenvalue weighted by Crippen LogP contribution is 2.35. The average molecular weight is 290 g/mol. The molecule has 0 aliphatic carbocycles. The van der Waals surface area contributed by atoms with Crippen molar-refractivity contribution < 1.29 is 9.90 Å². The van der Waals surface area contributed by atoms with Crippen molar-refractivity contribution in [3.05, 3.63) is 29.8 Å². The molecule has 0 spiro atoms. The lowest BCUT2D eigenvalue weighted by molar-refractivity contribution is -0.133. The number of anilines is 1. The quantitative estimate of drug-likeness (QED) is 0.846. The largest absolute Gasteiger partial charge is 0.395 e. The molecule has 1 aliphatic rings. The van der Waals surface area contributed by atoms with Gasteiger partial charge >= 0.3 is 0 Å². The maximum absolute atomic E-state index is 12.9. The van der Waals surface area contributed by atoms with Crippen LogP contribution >= 0.6 is 0 Å². The molecule has 2 N–H and O–H groups in total. The molecule has 4 heteroatoms. The van der Waals surface area contributed by atoms with Crippen LogP contribution in [0.4, 0.5) is 5.69 Å². The second kappa shape index (κ2) is 7.46. The second-order valence-electron chi connectivity index (χ2n) is 5.82. The second-order valence-corrected chi connectivity index (χ2v) is 5.82. The zero-order valence-electron chi connectivity index (χ0n) is 13.0. The van der Waals surface area contributed by atoms with E-state index in [0.717, 1.165) is 37.1 Å². The first kappa shape index (κ1) is 15.8. The number of carbonyl (C=O) groups is 1. The van der Waals surface area contributed by atoms with Gasteiger partial charge in [-0.15, -0.1) is 0 Å². The number of para-hydroxylation sites is 1. The first-order valence-electron chi connectivity index (χ1n) is 7.92. The minimum Gasteiger partial charge on any atom is -0.395 e. The highest BCUT2D eigenvalue weighted by atomic mass is 16.3. The summed E-state index contributed by atoms with van der Waals surface area (Å²) in [5, 5.41) is 12.7. The predicted octanol–water partition coefficient (Wildman–Crippen LogP) is 2.60. The van der Waals surface area contributed by atoms with Crippen molar-refractivity contribution in [1.82, 2.24) is 4.90 Å². The van der Waals surface area contributed by atoms with Gasteiger partial charge < -0.3 is 15.3 Å². The van der Waals surface area contributed by atoms with Gasteiger partial charge in [0.05, 0.1) is 12.5 Å². The first-order chi connectivity index (χ1) is 10.2. The molecule has 1 aromatic rings. The van der Waals surface area contributed by atoms with Crippen LogP contribution in [0.15, 0.2) is 24.3 Å². The summed E-state index contributed by atoms with van der Waals surface area (Å²) in [6.07, 6.45) is 2.84. The van der Waals surface area contributed by atoms with E-state index in [1.807, 2.05) is 29.2 Å². The number of nitrogens with one attached hydrogen (secondary N) is 1. The SMILES string of the molecule is CCCCN(CCO)C(=O)C1CC(C)Nc2ccccc21. The van der Waals surface area contributed by atoms with Gasteiger partial charge in [0.2, 0.25) is 5.91 Å². The van der Waals surface area contributed by atoms with Gasteiger partial charge in [0, 0.05) is 24.8 Å². The number of hydrogen-bond donors (Lipinski definition) is 2. The van der Waals surface area contributed by atoms with E-state index in [0.29, 0.717) is 6.54 Å². The summed E-state index contributed by atoms with van der Waals surface area (Å²) in [6, 6.07) is 8.34. The number of amides is 1. The Hall–Kier alpha value is -1.55. The number of nitrogens with zero attached hydrogens (tertiary/aromatic N) is 1. The van der Waals surface area contributed by atoms with Crippen LogP contribution in [0, 0.1) is 0 Å². The molecule has 0 bridgehead atoms. The third-order valence-electron chi connectivity index (χ3n) is 4.09. The van der Waals surface area contributed by atoms with Crippen LogP contribution in [0.5, 0.6) is 0 Å². The third kappa shape index (κ3) is 3.76. The van der Waals surface area contributed by atoms with E-state index in [2.05, 4.69) is 19.2 Å². The molecule has 2 rings (SSSR count). The van der Waals surface area contributed by atoms with E-state index in [4.69, 9.17) is 0 Å². The smallest absolute Gasteiger partial charge is 0.230 e. The predicted molar refractivity (Wildman–Crippen MR) is 85.5 cm³/mol. The maximum atomic E-state index is 12.9. The minimum atomic E-state index is -0.0964. The van der Waals surface area contributed by atoms with E-state index >= 15 is 0 Å². The fourth-order valence-electron chi connectivity index (χ4n) is 2.99. The van der Waals surface area contributed by atoms with Crippen molar-refractivity contribution in [2.24, 2.45) is 0 Å². The van der Waals surface area contributed by atoms with Crippen molar-refractivity contribution in [3.8, 4) is 0 Å². The topological polar surface area (TPSA) is 52.6 Å². The highest BCUT2D eigenvalue weighted by molar-refractivity contribution is 5.86. The van der Waals surface area contributed by atoms with Gasteiger partial charge in [-0.1, -0.05) is 31.5 Å². The molecule has 1 heterocycles. The van der Waals surface area contributed by atoms with Crippen LogP contribution in [0.3, 0.4) is 0 Å². The number of aliphatic hydroxyl groups excluding tert-OH is 1. The molecule has 1 aromatic carbocycles. The number of carbonyl (C=O) groups excluding carboxylic acids is 1.